The average Bonchev–Trinajstić information content (AvgIpc) is 3.20. The van der Waals surface area contributed by atoms with Crippen molar-refractivity contribution in [3.63, 3.8) is 0 Å². The highest BCUT2D eigenvalue weighted by Gasteiger charge is 2.40. The lowest BCUT2D eigenvalue weighted by atomic mass is 9.87. The Balaban J connectivity index is 1.20. The van der Waals surface area contributed by atoms with Crippen LogP contribution in [0.1, 0.15) is 29.0 Å². The van der Waals surface area contributed by atoms with Crippen molar-refractivity contribution < 1.29 is 14.3 Å². The first-order valence-electron chi connectivity index (χ1n) is 11.9. The topological polar surface area (TPSA) is 38.8 Å². The third kappa shape index (κ3) is 3.55. The third-order valence-electron chi connectivity index (χ3n) is 7.26. The molecule has 0 radical (unpaired) electrons. The lowest BCUT2D eigenvalue weighted by molar-refractivity contribution is -0.0355. The van der Waals surface area contributed by atoms with Crippen LogP contribution in [0.4, 0.5) is 4.79 Å². The van der Waals surface area contributed by atoms with Gasteiger partial charge >= 0.3 is 6.09 Å². The maximum atomic E-state index is 13.3. The number of carbonyl (C=O) groups excluding carboxylic acids is 1. The second-order valence-electron chi connectivity index (χ2n) is 9.21. The minimum absolute atomic E-state index is 0.0464. The monoisotopic (exact) mass is 449 g/mol. The first kappa shape index (κ1) is 20.9. The maximum Gasteiger partial charge on any atom is 0.410 e. The second kappa shape index (κ2) is 8.62. The van der Waals surface area contributed by atoms with E-state index in [0.717, 1.165) is 11.1 Å². The summed E-state index contributed by atoms with van der Waals surface area (Å²) in [6.45, 7) is 5.66. The highest BCUT2D eigenvalue weighted by atomic mass is 16.6. The summed E-state index contributed by atoms with van der Waals surface area (Å²) in [5.41, 5.74) is 8.23. The van der Waals surface area contributed by atoms with Crippen molar-refractivity contribution in [3.8, 4) is 11.1 Å². The van der Waals surface area contributed by atoms with E-state index in [0.29, 0.717) is 26.2 Å². The SMILES string of the molecule is C=C(C1=CC2COCC(C1)N2C(=O)OCC1c2ccccc2-c2ccccc21)c1ccccc1. The van der Waals surface area contributed by atoms with Gasteiger partial charge in [0.1, 0.15) is 6.61 Å². The molecule has 2 unspecified atom stereocenters. The number of benzene rings is 3. The van der Waals surface area contributed by atoms with Crippen LogP contribution in [0.5, 0.6) is 0 Å². The zero-order valence-electron chi connectivity index (χ0n) is 19.0. The molecule has 1 amide bonds. The van der Waals surface area contributed by atoms with E-state index in [2.05, 4.69) is 73.3 Å². The van der Waals surface area contributed by atoms with Crippen LogP contribution in [0.25, 0.3) is 16.7 Å². The fourth-order valence-electron chi connectivity index (χ4n) is 5.60. The molecule has 3 aromatic rings. The van der Waals surface area contributed by atoms with Gasteiger partial charge in [-0.25, -0.2) is 4.79 Å². The molecule has 4 heteroatoms. The minimum atomic E-state index is -0.263. The van der Waals surface area contributed by atoms with Crippen LogP contribution in [-0.4, -0.2) is 42.9 Å². The fourth-order valence-corrected chi connectivity index (χ4v) is 5.60. The Morgan fingerprint density at radius 2 is 1.56 bits per heavy atom. The standard InChI is InChI=1S/C30H27NO3/c1-20(21-9-3-2-4-10-21)22-15-23-17-33-18-24(16-22)31(23)30(32)34-19-29-27-13-7-5-11-25(27)26-12-6-8-14-28(26)29/h2-15,23-24,29H,1,16-19H2. The summed E-state index contributed by atoms with van der Waals surface area (Å²) in [4.78, 5) is 15.2. The number of fused-ring (bicyclic) bond motifs is 5. The van der Waals surface area contributed by atoms with Gasteiger partial charge in [-0.2, -0.15) is 0 Å². The van der Waals surface area contributed by atoms with Crippen LogP contribution in [0.2, 0.25) is 0 Å². The van der Waals surface area contributed by atoms with Crippen molar-refractivity contribution in [2.75, 3.05) is 19.8 Å². The fraction of sp³-hybridized carbons (Fsp3) is 0.233. The van der Waals surface area contributed by atoms with Crippen LogP contribution in [0.15, 0.2) is 97.1 Å². The second-order valence-corrected chi connectivity index (χ2v) is 9.21. The van der Waals surface area contributed by atoms with Crippen molar-refractivity contribution in [1.82, 2.24) is 4.90 Å². The number of allylic oxidation sites excluding steroid dienone is 1. The molecule has 0 saturated carbocycles. The molecular formula is C30H27NO3. The van der Waals surface area contributed by atoms with Crippen molar-refractivity contribution >= 4 is 11.7 Å². The summed E-state index contributed by atoms with van der Waals surface area (Å²) >= 11 is 0. The molecule has 0 aromatic heterocycles. The Morgan fingerprint density at radius 1 is 0.912 bits per heavy atom. The van der Waals surface area contributed by atoms with Crippen LogP contribution in [0.3, 0.4) is 0 Å². The zero-order valence-corrected chi connectivity index (χ0v) is 19.0. The molecule has 1 aliphatic carbocycles. The van der Waals surface area contributed by atoms with E-state index < -0.39 is 0 Å². The zero-order chi connectivity index (χ0) is 23.1. The summed E-state index contributed by atoms with van der Waals surface area (Å²) < 4.78 is 11.8. The predicted octanol–water partition coefficient (Wildman–Crippen LogP) is 6.05. The third-order valence-corrected chi connectivity index (χ3v) is 7.26. The lowest BCUT2D eigenvalue weighted by Gasteiger charge is -2.44. The number of rotatable bonds is 4. The number of hydrogen-bond acceptors (Lipinski definition) is 3. The van der Waals surface area contributed by atoms with Gasteiger partial charge < -0.3 is 9.47 Å². The molecule has 2 heterocycles. The van der Waals surface area contributed by atoms with Crippen molar-refractivity contribution in [1.29, 1.82) is 0 Å². The number of ether oxygens (including phenoxy) is 2. The van der Waals surface area contributed by atoms with Crippen LogP contribution in [0, 0.1) is 0 Å². The van der Waals surface area contributed by atoms with Crippen molar-refractivity contribution in [2.45, 2.75) is 24.4 Å². The summed E-state index contributed by atoms with van der Waals surface area (Å²) in [5, 5.41) is 0. The highest BCUT2D eigenvalue weighted by Crippen LogP contribution is 2.44. The van der Waals surface area contributed by atoms with Gasteiger partial charge in [0.2, 0.25) is 0 Å². The summed E-state index contributed by atoms with van der Waals surface area (Å²) in [5.74, 6) is 0.0567. The first-order valence-corrected chi connectivity index (χ1v) is 11.9. The molecule has 170 valence electrons. The molecule has 2 atom stereocenters. The van der Waals surface area contributed by atoms with E-state index in [-0.39, 0.29) is 24.1 Å². The van der Waals surface area contributed by atoms with Gasteiger partial charge in [0.15, 0.2) is 0 Å². The number of amides is 1. The molecule has 2 bridgehead atoms. The Kier molecular flexibility index (Phi) is 5.31. The molecule has 2 aliphatic heterocycles. The number of hydrogen-bond donors (Lipinski definition) is 0. The normalized spacial score (nSPS) is 20.8. The van der Waals surface area contributed by atoms with Crippen LogP contribution < -0.4 is 0 Å². The van der Waals surface area contributed by atoms with E-state index >= 15 is 0 Å². The Labute approximate surface area is 200 Å². The molecule has 0 spiro atoms. The predicted molar refractivity (Wildman–Crippen MR) is 133 cm³/mol. The molecule has 0 N–H and O–H groups in total. The maximum absolute atomic E-state index is 13.3. The Bertz CT molecular complexity index is 1230. The molecule has 1 saturated heterocycles. The van der Waals surface area contributed by atoms with E-state index in [4.69, 9.17) is 9.47 Å². The van der Waals surface area contributed by atoms with Crippen molar-refractivity contribution in [3.05, 3.63) is 114 Å². The largest absolute Gasteiger partial charge is 0.448 e. The summed E-state index contributed by atoms with van der Waals surface area (Å²) in [6, 6.07) is 26.8. The van der Waals surface area contributed by atoms with Crippen LogP contribution in [-0.2, 0) is 9.47 Å². The number of nitrogens with zero attached hydrogens (tertiary/aromatic N) is 1. The number of morpholine rings is 1. The molecular weight excluding hydrogens is 422 g/mol. The van der Waals surface area contributed by atoms with E-state index in [1.54, 1.807) is 0 Å². The van der Waals surface area contributed by atoms with E-state index in [1.165, 1.54) is 27.8 Å². The Hall–Kier alpha value is -3.63. The summed E-state index contributed by atoms with van der Waals surface area (Å²) in [7, 11) is 0. The smallest absolute Gasteiger partial charge is 0.410 e. The van der Waals surface area contributed by atoms with Gasteiger partial charge in [-0.1, -0.05) is 91.5 Å². The summed E-state index contributed by atoms with van der Waals surface area (Å²) in [6.07, 6.45) is 2.58. The minimum Gasteiger partial charge on any atom is -0.448 e. The van der Waals surface area contributed by atoms with E-state index in [1.807, 2.05) is 23.1 Å². The molecule has 34 heavy (non-hydrogen) atoms. The highest BCUT2D eigenvalue weighted by molar-refractivity contribution is 5.80. The van der Waals surface area contributed by atoms with Crippen LogP contribution >= 0.6 is 0 Å². The van der Waals surface area contributed by atoms with Gasteiger partial charge in [0, 0.05) is 5.92 Å². The average molecular weight is 450 g/mol. The lowest BCUT2D eigenvalue weighted by Crippen LogP contribution is -2.56. The van der Waals surface area contributed by atoms with Gasteiger partial charge in [-0.05, 0) is 45.4 Å². The molecule has 4 nitrogen and oxygen atoms in total. The first-order chi connectivity index (χ1) is 16.7. The van der Waals surface area contributed by atoms with Gasteiger partial charge in [-0.15, -0.1) is 0 Å². The van der Waals surface area contributed by atoms with Gasteiger partial charge in [0.25, 0.3) is 0 Å². The molecule has 3 aromatic carbocycles. The molecule has 3 aliphatic rings. The van der Waals surface area contributed by atoms with Gasteiger partial charge in [0.05, 0.1) is 25.3 Å². The molecule has 1 fully saturated rings. The number of carbonyl (C=O) groups is 1. The molecule has 6 rings (SSSR count). The van der Waals surface area contributed by atoms with E-state index in [9.17, 15) is 4.79 Å². The Morgan fingerprint density at radius 3 is 2.24 bits per heavy atom. The van der Waals surface area contributed by atoms with Gasteiger partial charge in [-0.3, -0.25) is 4.90 Å². The quantitative estimate of drug-likeness (QED) is 0.487. The van der Waals surface area contributed by atoms with Crippen molar-refractivity contribution in [2.24, 2.45) is 0 Å².